The quantitative estimate of drug-likeness (QED) is 0.111. The highest BCUT2D eigenvalue weighted by atomic mass is 16.7. The van der Waals surface area contributed by atoms with Crippen molar-refractivity contribution in [2.45, 2.75) is 117 Å². The zero-order valence-corrected chi connectivity index (χ0v) is 40.8. The molecule has 368 valence electrons. The lowest BCUT2D eigenvalue weighted by molar-refractivity contribution is -0.162. The van der Waals surface area contributed by atoms with Gasteiger partial charge >= 0.3 is 11.8 Å². The second kappa shape index (κ2) is 21.2. The maximum atomic E-state index is 14.9. The molecule has 0 radical (unpaired) electrons. The number of amides is 1. The molecular formula is C50H71N5O12. The first kappa shape index (κ1) is 51.5. The van der Waals surface area contributed by atoms with Gasteiger partial charge in [0.15, 0.2) is 5.75 Å². The van der Waals surface area contributed by atoms with E-state index in [9.17, 15) is 34.8 Å². The van der Waals surface area contributed by atoms with Gasteiger partial charge in [-0.2, -0.15) is 0 Å². The topological polar surface area (TPSA) is 230 Å². The van der Waals surface area contributed by atoms with Gasteiger partial charge in [0.25, 0.3) is 11.7 Å². The minimum atomic E-state index is -1.97. The van der Waals surface area contributed by atoms with Crippen molar-refractivity contribution in [3.8, 4) is 17.2 Å². The standard InChI is InChI=1S/C50H71N5O12/c1-26(2)25-55-20-17-50(18-21-55)53-38-35-36-43(59)32(8)46-37(35)47(61)49(9,67-46)65-23-16-33(64-11)29(5)45(66-34(56)24-51-19-13-22-63-10)31(7)42(58)30(6)41(57)27(3)14-12-15-28(4)48(62)52-40(44(36)60)39(38)54-50/h12,14-16,23,26-27,29-31,33,41-42,45,51,53,57-60H,13,17-22,24-25H2,1-11H3/b14-12+,23-16+,28-15-,52-40?/t27-,29+,30+,31+,33-,41-,42+,45+,49-/m0/s1. The van der Waals surface area contributed by atoms with Crippen LogP contribution in [0.15, 0.2) is 46.1 Å². The van der Waals surface area contributed by atoms with E-state index in [2.05, 4.69) is 34.4 Å². The van der Waals surface area contributed by atoms with Gasteiger partial charge < -0.3 is 59.6 Å². The van der Waals surface area contributed by atoms with Crippen molar-refractivity contribution in [1.82, 2.24) is 10.2 Å². The Morgan fingerprint density at radius 1 is 0.985 bits per heavy atom. The molecule has 5 aliphatic heterocycles. The van der Waals surface area contributed by atoms with Crippen molar-refractivity contribution in [2.24, 2.45) is 39.6 Å². The number of anilines is 1. The number of aromatic hydroxyl groups is 2. The second-order valence-corrected chi connectivity index (χ2v) is 19.4. The maximum absolute atomic E-state index is 14.9. The van der Waals surface area contributed by atoms with Crippen molar-refractivity contribution in [3.63, 3.8) is 0 Å². The van der Waals surface area contributed by atoms with Gasteiger partial charge in [0, 0.05) is 100 Å². The van der Waals surface area contributed by atoms with Crippen LogP contribution in [0.5, 0.6) is 17.2 Å². The molecule has 9 atom stereocenters. The normalized spacial score (nSPS) is 30.8. The molecule has 17 heteroatoms. The lowest BCUT2D eigenvalue weighted by Crippen LogP contribution is -2.47. The summed E-state index contributed by atoms with van der Waals surface area (Å²) in [6, 6.07) is 0. The third-order valence-electron chi connectivity index (χ3n) is 13.9. The van der Waals surface area contributed by atoms with Crippen LogP contribution < -0.4 is 26.1 Å². The molecule has 0 aromatic heterocycles. The number of methoxy groups -OCH3 is 2. The summed E-state index contributed by atoms with van der Waals surface area (Å²) in [4.78, 5) is 54.1. The zero-order chi connectivity index (χ0) is 49.1. The Balaban J connectivity index is 1.48. The number of allylic oxidation sites excluding steroid dienone is 2. The van der Waals surface area contributed by atoms with Crippen LogP contribution in [0.3, 0.4) is 0 Å². The number of aliphatic hydroxyl groups excluding tert-OH is 2. The summed E-state index contributed by atoms with van der Waals surface area (Å²) in [5.41, 5.74) is -0.146. The minimum absolute atomic E-state index is 0.0472. The minimum Gasteiger partial charge on any atom is -0.507 e. The molecule has 0 unspecified atom stereocenters. The Labute approximate surface area is 392 Å². The summed E-state index contributed by atoms with van der Waals surface area (Å²) in [5, 5.41) is 54.1. The molecule has 2 aromatic rings. The number of rotatable bonds is 10. The van der Waals surface area contributed by atoms with E-state index in [4.69, 9.17) is 28.7 Å². The van der Waals surface area contributed by atoms with Crippen molar-refractivity contribution in [3.05, 3.63) is 58.0 Å². The van der Waals surface area contributed by atoms with Crippen LogP contribution in [0.1, 0.15) is 90.6 Å². The van der Waals surface area contributed by atoms with Gasteiger partial charge in [0.05, 0.1) is 47.8 Å². The number of phenolic OH excluding ortho intramolecular Hbond substituents is 2. The number of nitrogens with one attached hydrogen (secondary N) is 2. The average molecular weight is 934 g/mol. The monoisotopic (exact) mass is 934 g/mol. The molecule has 7 rings (SSSR count). The van der Waals surface area contributed by atoms with Crippen LogP contribution in [0.4, 0.5) is 5.69 Å². The van der Waals surface area contributed by atoms with Crippen LogP contribution in [0.25, 0.3) is 10.8 Å². The first-order valence-electron chi connectivity index (χ1n) is 23.5. The number of hydrogen-bond donors (Lipinski definition) is 6. The van der Waals surface area contributed by atoms with E-state index in [1.54, 1.807) is 73.0 Å². The molecule has 0 saturated carbocycles. The van der Waals surface area contributed by atoms with E-state index in [-0.39, 0.29) is 56.2 Å². The number of aliphatic hydroxyl groups is 2. The van der Waals surface area contributed by atoms with Gasteiger partial charge in [-0.1, -0.05) is 59.8 Å². The van der Waals surface area contributed by atoms with Crippen molar-refractivity contribution in [1.29, 1.82) is 0 Å². The number of phenols is 2. The molecule has 67 heavy (non-hydrogen) atoms. The van der Waals surface area contributed by atoms with Crippen LogP contribution in [0.2, 0.25) is 0 Å². The fraction of sp³-hybridized carbons (Fsp3) is 0.620. The first-order chi connectivity index (χ1) is 31.7. The predicted octanol–water partition coefficient (Wildman–Crippen LogP) is 4.36. The number of piperidine rings is 1. The maximum Gasteiger partial charge on any atom is 0.320 e. The van der Waals surface area contributed by atoms with Crippen molar-refractivity contribution in [2.75, 3.05) is 58.9 Å². The van der Waals surface area contributed by atoms with E-state index < -0.39 is 82.9 Å². The van der Waals surface area contributed by atoms with Crippen LogP contribution in [-0.4, -0.2) is 132 Å². The highest BCUT2D eigenvalue weighted by molar-refractivity contribution is 6.21. The van der Waals surface area contributed by atoms with Gasteiger partial charge in [-0.15, -0.1) is 0 Å². The summed E-state index contributed by atoms with van der Waals surface area (Å²) in [7, 11) is 3.07. The molecule has 2 aromatic carbocycles. The molecule has 17 nitrogen and oxygen atoms in total. The fourth-order valence-corrected chi connectivity index (χ4v) is 9.77. The summed E-state index contributed by atoms with van der Waals surface area (Å²) in [6.07, 6.45) is 5.60. The number of carbonyl (C=O) groups excluding carboxylic acids is 3. The number of hydrogen-bond acceptors (Lipinski definition) is 16. The number of Topliss-reactive ketones (excluding diaryl/α,β-unsaturated/α-hetero) is 1. The number of ether oxygens (including phenoxy) is 5. The highest BCUT2D eigenvalue weighted by Crippen LogP contribution is 2.51. The molecule has 1 saturated heterocycles. The molecule has 1 fully saturated rings. The van der Waals surface area contributed by atoms with Gasteiger partial charge in [-0.25, -0.2) is 4.99 Å². The number of ketones is 1. The molecular weight excluding hydrogens is 863 g/mol. The molecule has 0 aliphatic carbocycles. The molecule has 5 heterocycles. The Morgan fingerprint density at radius 3 is 2.34 bits per heavy atom. The van der Waals surface area contributed by atoms with E-state index >= 15 is 0 Å². The Bertz CT molecular complexity index is 2410. The zero-order valence-electron chi connectivity index (χ0n) is 40.8. The Hall–Kier alpha value is -4.91. The number of benzene rings is 2. The van der Waals surface area contributed by atoms with Crippen molar-refractivity contribution < 1.29 is 58.5 Å². The number of carbonyl (C=O) groups is 3. The number of likely N-dealkylation sites (tertiary alicyclic amines) is 1. The predicted molar refractivity (Wildman–Crippen MR) is 251 cm³/mol. The number of fused-ring (bicyclic) bond motifs is 13. The molecule has 6 N–H and O–H groups in total. The number of esters is 1. The average Bonchev–Trinajstić information content (AvgIpc) is 3.79. The van der Waals surface area contributed by atoms with Crippen LogP contribution >= 0.6 is 0 Å². The summed E-state index contributed by atoms with van der Waals surface area (Å²) in [6.45, 7) is 19.2. The SMILES string of the molecule is COCCCNCC(=O)O[C@H]1[C@H](C)[C@H](O)[C@H](C)[C@@H](O)[C@@H](C)/C=C/C=C(/C)C(=O)N=c2c(O)c3c(O)c(C)c4c(c3c3c2=NC2(CCN(CC(C)C)CC2)N3)C(=O)[C@@](C)(O/C=C/[C@H](OC)[C@H]1C)O4. The number of nitrogens with zero attached hydrogens (tertiary/aromatic N) is 3. The lowest BCUT2D eigenvalue weighted by Gasteiger charge is -2.38. The fourth-order valence-electron chi connectivity index (χ4n) is 9.77. The van der Waals surface area contributed by atoms with E-state index in [1.165, 1.54) is 20.3 Å². The second-order valence-electron chi connectivity index (χ2n) is 19.4. The third-order valence-corrected chi connectivity index (χ3v) is 13.9. The van der Waals surface area contributed by atoms with Gasteiger partial charge in [-0.05, 0) is 38.8 Å². The Kier molecular flexibility index (Phi) is 16.3. The largest absolute Gasteiger partial charge is 0.507 e. The molecule has 1 amide bonds. The summed E-state index contributed by atoms with van der Waals surface area (Å²) < 4.78 is 29.6. The summed E-state index contributed by atoms with van der Waals surface area (Å²) in [5.74, 6) is -6.77. The Morgan fingerprint density at radius 2 is 1.69 bits per heavy atom. The lowest BCUT2D eigenvalue weighted by atomic mass is 9.78. The van der Waals surface area contributed by atoms with Gasteiger partial charge in [0.2, 0.25) is 0 Å². The van der Waals surface area contributed by atoms with Crippen molar-refractivity contribution >= 4 is 34.1 Å². The van der Waals surface area contributed by atoms with Gasteiger partial charge in [0.1, 0.15) is 34.0 Å². The third kappa shape index (κ3) is 10.6. The summed E-state index contributed by atoms with van der Waals surface area (Å²) >= 11 is 0. The first-order valence-corrected chi connectivity index (χ1v) is 23.5. The van der Waals surface area contributed by atoms with E-state index in [0.29, 0.717) is 44.0 Å². The molecule has 1 spiro atoms. The van der Waals surface area contributed by atoms with E-state index in [0.717, 1.165) is 19.6 Å². The highest BCUT2D eigenvalue weighted by Gasteiger charge is 2.51. The van der Waals surface area contributed by atoms with Gasteiger partial charge in [-0.3, -0.25) is 19.4 Å². The van der Waals surface area contributed by atoms with Crippen LogP contribution in [0, 0.1) is 36.5 Å². The van der Waals surface area contributed by atoms with E-state index in [1.807, 2.05) is 0 Å². The smallest absolute Gasteiger partial charge is 0.320 e. The molecule has 5 bridgehead atoms. The van der Waals surface area contributed by atoms with Crippen LogP contribution in [-0.2, 0) is 28.5 Å². The molecule has 5 aliphatic rings.